The quantitative estimate of drug-likeness (QED) is 0.591. The maximum atomic E-state index is 13.1. The summed E-state index contributed by atoms with van der Waals surface area (Å²) in [6, 6.07) is 14.3. The average molecular weight is 436 g/mol. The number of phenolic OH excluding ortho intramolecular Hbond substituents is 2. The fraction of sp³-hybridized carbons (Fsp3) is 0.240. The maximum Gasteiger partial charge on any atom is 0.204 e. The van der Waals surface area contributed by atoms with Crippen LogP contribution in [-0.2, 0) is 6.42 Å². The molecule has 7 nitrogen and oxygen atoms in total. The van der Waals surface area contributed by atoms with E-state index >= 15 is 0 Å². The summed E-state index contributed by atoms with van der Waals surface area (Å²) in [6.07, 6.45) is -0.296. The SMILES string of the molecule is COc1ccc(O)c(Cc2c(OC)c(OC)c(O)c3c2OC(c2ccccc2)CC3=O)c1. The second kappa shape index (κ2) is 8.70. The van der Waals surface area contributed by atoms with Crippen molar-refractivity contribution in [2.24, 2.45) is 0 Å². The molecule has 32 heavy (non-hydrogen) atoms. The molecule has 1 aliphatic rings. The minimum atomic E-state index is -0.522. The Morgan fingerprint density at radius 2 is 1.69 bits per heavy atom. The predicted molar refractivity (Wildman–Crippen MR) is 117 cm³/mol. The lowest BCUT2D eigenvalue weighted by atomic mass is 9.90. The smallest absolute Gasteiger partial charge is 0.204 e. The Bertz CT molecular complexity index is 1150. The van der Waals surface area contributed by atoms with E-state index in [4.69, 9.17) is 18.9 Å². The summed E-state index contributed by atoms with van der Waals surface area (Å²) < 4.78 is 22.5. The monoisotopic (exact) mass is 436 g/mol. The fourth-order valence-corrected chi connectivity index (χ4v) is 4.00. The largest absolute Gasteiger partial charge is 0.508 e. The number of phenols is 2. The number of hydrogen-bond acceptors (Lipinski definition) is 7. The van der Waals surface area contributed by atoms with Gasteiger partial charge in [0.2, 0.25) is 5.75 Å². The molecule has 1 aliphatic heterocycles. The molecule has 3 aromatic rings. The number of aromatic hydroxyl groups is 2. The van der Waals surface area contributed by atoms with Gasteiger partial charge < -0.3 is 29.2 Å². The van der Waals surface area contributed by atoms with Gasteiger partial charge in [-0.1, -0.05) is 30.3 Å². The highest BCUT2D eigenvalue weighted by molar-refractivity contribution is 6.04. The summed E-state index contributed by atoms with van der Waals surface area (Å²) in [7, 11) is 4.37. The lowest BCUT2D eigenvalue weighted by Crippen LogP contribution is -2.22. The molecule has 4 rings (SSSR count). The molecule has 0 bridgehead atoms. The van der Waals surface area contributed by atoms with E-state index in [0.717, 1.165) is 5.56 Å². The van der Waals surface area contributed by atoms with Crippen LogP contribution < -0.4 is 18.9 Å². The highest BCUT2D eigenvalue weighted by atomic mass is 16.5. The average Bonchev–Trinajstić information content (AvgIpc) is 2.81. The van der Waals surface area contributed by atoms with Gasteiger partial charge in [-0.2, -0.15) is 0 Å². The highest BCUT2D eigenvalue weighted by Crippen LogP contribution is 2.53. The van der Waals surface area contributed by atoms with Gasteiger partial charge in [-0.25, -0.2) is 0 Å². The van der Waals surface area contributed by atoms with E-state index in [0.29, 0.717) is 16.9 Å². The van der Waals surface area contributed by atoms with E-state index < -0.39 is 6.10 Å². The lowest BCUT2D eigenvalue weighted by molar-refractivity contribution is 0.0840. The van der Waals surface area contributed by atoms with Crippen molar-refractivity contribution in [1.82, 2.24) is 0 Å². The van der Waals surface area contributed by atoms with Gasteiger partial charge in [0, 0.05) is 17.5 Å². The summed E-state index contributed by atoms with van der Waals surface area (Å²) >= 11 is 0. The molecule has 3 aromatic carbocycles. The third-order valence-electron chi connectivity index (χ3n) is 5.58. The van der Waals surface area contributed by atoms with Crippen molar-refractivity contribution < 1.29 is 34.0 Å². The van der Waals surface area contributed by atoms with Gasteiger partial charge in [-0.05, 0) is 23.8 Å². The van der Waals surface area contributed by atoms with E-state index in [1.165, 1.54) is 27.4 Å². The lowest BCUT2D eigenvalue weighted by Gasteiger charge is -2.30. The number of hydrogen-bond donors (Lipinski definition) is 2. The van der Waals surface area contributed by atoms with Crippen molar-refractivity contribution in [2.75, 3.05) is 21.3 Å². The third-order valence-corrected chi connectivity index (χ3v) is 5.58. The topological polar surface area (TPSA) is 94.5 Å². The number of methoxy groups -OCH3 is 3. The third kappa shape index (κ3) is 3.66. The number of carbonyl (C=O) groups excluding carboxylic acids is 1. The molecule has 7 heteroatoms. The van der Waals surface area contributed by atoms with Gasteiger partial charge in [-0.3, -0.25) is 4.79 Å². The van der Waals surface area contributed by atoms with Crippen molar-refractivity contribution in [1.29, 1.82) is 0 Å². The number of rotatable bonds is 6. The number of carbonyl (C=O) groups is 1. The molecule has 1 unspecified atom stereocenters. The van der Waals surface area contributed by atoms with Crippen molar-refractivity contribution in [3.05, 3.63) is 70.8 Å². The molecule has 0 saturated carbocycles. The molecule has 0 saturated heterocycles. The van der Waals surface area contributed by atoms with Gasteiger partial charge in [0.25, 0.3) is 0 Å². The summed E-state index contributed by atoms with van der Waals surface area (Å²) in [5.41, 5.74) is 1.91. The molecule has 0 fully saturated rings. The van der Waals surface area contributed by atoms with Gasteiger partial charge >= 0.3 is 0 Å². The van der Waals surface area contributed by atoms with Crippen molar-refractivity contribution >= 4 is 5.78 Å². The summed E-state index contributed by atoms with van der Waals surface area (Å²) in [5.74, 6) is 0.508. The number of ketones is 1. The van der Waals surface area contributed by atoms with Gasteiger partial charge in [0.15, 0.2) is 17.3 Å². The molecule has 0 amide bonds. The normalized spacial score (nSPS) is 15.0. The van der Waals surface area contributed by atoms with Crippen molar-refractivity contribution in [3.8, 4) is 34.5 Å². The van der Waals surface area contributed by atoms with Crippen LogP contribution in [-0.4, -0.2) is 37.3 Å². The van der Waals surface area contributed by atoms with E-state index in [-0.39, 0.29) is 52.9 Å². The molecule has 1 heterocycles. The van der Waals surface area contributed by atoms with Crippen LogP contribution in [0.5, 0.6) is 34.5 Å². The van der Waals surface area contributed by atoms with Crippen molar-refractivity contribution in [2.45, 2.75) is 18.9 Å². The maximum absolute atomic E-state index is 13.1. The van der Waals surface area contributed by atoms with Crippen LogP contribution in [0.2, 0.25) is 0 Å². The molecule has 166 valence electrons. The first-order valence-electron chi connectivity index (χ1n) is 10.1. The molecule has 0 aromatic heterocycles. The zero-order chi connectivity index (χ0) is 22.8. The Morgan fingerprint density at radius 1 is 0.969 bits per heavy atom. The van der Waals surface area contributed by atoms with E-state index in [1.54, 1.807) is 12.1 Å². The van der Waals surface area contributed by atoms with Crippen molar-refractivity contribution in [3.63, 3.8) is 0 Å². The van der Waals surface area contributed by atoms with Crippen LogP contribution in [0.25, 0.3) is 0 Å². The Labute approximate surface area is 185 Å². The summed E-state index contributed by atoms with van der Waals surface area (Å²) in [6.45, 7) is 0. The highest BCUT2D eigenvalue weighted by Gasteiger charge is 2.37. The second-order valence-electron chi connectivity index (χ2n) is 7.41. The zero-order valence-corrected chi connectivity index (χ0v) is 18.0. The van der Waals surface area contributed by atoms with E-state index in [1.807, 2.05) is 30.3 Å². The van der Waals surface area contributed by atoms with E-state index in [9.17, 15) is 15.0 Å². The zero-order valence-electron chi connectivity index (χ0n) is 18.0. The van der Waals surface area contributed by atoms with E-state index in [2.05, 4.69) is 0 Å². The van der Waals surface area contributed by atoms with Gasteiger partial charge in [0.05, 0.1) is 27.8 Å². The molecule has 0 radical (unpaired) electrons. The van der Waals surface area contributed by atoms with Crippen LogP contribution in [0.15, 0.2) is 48.5 Å². The molecular weight excluding hydrogens is 412 g/mol. The standard InChI is InChI=1S/C25H24O7/c1-29-16-9-10-18(26)15(11-16)12-17-23-21(22(28)25(31-3)24(17)30-2)19(27)13-20(32-23)14-7-5-4-6-8-14/h4-11,20,26,28H,12-13H2,1-3H3. The van der Waals surface area contributed by atoms with Gasteiger partial charge in [0.1, 0.15) is 28.9 Å². The van der Waals surface area contributed by atoms with Crippen LogP contribution in [0.1, 0.15) is 39.6 Å². The number of fused-ring (bicyclic) bond motifs is 1. The fourth-order valence-electron chi connectivity index (χ4n) is 4.00. The molecular formula is C25H24O7. The summed E-state index contributed by atoms with van der Waals surface area (Å²) in [5, 5.41) is 21.3. The molecule has 0 spiro atoms. The first kappa shape index (κ1) is 21.4. The summed E-state index contributed by atoms with van der Waals surface area (Å²) in [4.78, 5) is 13.1. The first-order valence-corrected chi connectivity index (χ1v) is 10.1. The number of benzene rings is 3. The van der Waals surface area contributed by atoms with Crippen LogP contribution >= 0.6 is 0 Å². The number of Topliss-reactive ketones (excluding diaryl/α,β-unsaturated/α-hetero) is 1. The Hall–Kier alpha value is -3.87. The number of ether oxygens (including phenoxy) is 4. The minimum absolute atomic E-state index is 0.0405. The van der Waals surface area contributed by atoms with Crippen LogP contribution in [0, 0.1) is 0 Å². The Morgan fingerprint density at radius 3 is 2.34 bits per heavy atom. The molecule has 2 N–H and O–H groups in total. The second-order valence-corrected chi connectivity index (χ2v) is 7.41. The Balaban J connectivity index is 1.91. The first-order chi connectivity index (χ1) is 15.5. The molecule has 0 aliphatic carbocycles. The van der Waals surface area contributed by atoms with Crippen LogP contribution in [0.4, 0.5) is 0 Å². The van der Waals surface area contributed by atoms with Crippen LogP contribution in [0.3, 0.4) is 0 Å². The predicted octanol–water partition coefficient (Wildman–Crippen LogP) is 4.42. The minimum Gasteiger partial charge on any atom is -0.508 e. The molecule has 1 atom stereocenters. The van der Waals surface area contributed by atoms with Gasteiger partial charge in [-0.15, -0.1) is 0 Å². The Kier molecular flexibility index (Phi) is 5.81.